The highest BCUT2D eigenvalue weighted by Crippen LogP contribution is 2.28. The van der Waals surface area contributed by atoms with Gasteiger partial charge in [0.2, 0.25) is 0 Å². The Morgan fingerprint density at radius 2 is 1.36 bits per heavy atom. The highest BCUT2D eigenvalue weighted by molar-refractivity contribution is 8.11. The zero-order valence-corrected chi connectivity index (χ0v) is 8.52. The molecule has 0 amide bonds. The molecule has 0 saturated carbocycles. The average Bonchev–Trinajstić information content (AvgIpc) is 2.27. The Labute approximate surface area is 80.8 Å². The number of hydrogen-bond acceptors (Lipinski definition) is 6. The summed E-state index contributed by atoms with van der Waals surface area (Å²) in [5.41, 5.74) is 0. The molecule has 0 bridgehead atoms. The van der Waals surface area contributed by atoms with Crippen molar-refractivity contribution in [3.8, 4) is 0 Å². The number of ether oxygens (including phenoxy) is 2. The monoisotopic (exact) mass is 241 g/mol. The van der Waals surface area contributed by atoms with Crippen molar-refractivity contribution in [1.29, 1.82) is 0 Å². The molecule has 0 aromatic heterocycles. The molecule has 0 unspecified atom stereocenters. The summed E-state index contributed by atoms with van der Waals surface area (Å²) in [5, 5.41) is -1.26. The molecular weight excluding hydrogens is 234 g/mol. The van der Waals surface area contributed by atoms with Gasteiger partial charge in [-0.25, -0.2) is 16.8 Å². The maximum Gasteiger partial charge on any atom is 0.291 e. The fourth-order valence-corrected chi connectivity index (χ4v) is 4.55. The van der Waals surface area contributed by atoms with Gasteiger partial charge in [0.25, 0.3) is 30.2 Å². The van der Waals surface area contributed by atoms with Gasteiger partial charge < -0.3 is 9.47 Å². The van der Waals surface area contributed by atoms with Gasteiger partial charge in [0.05, 0.1) is 13.2 Å². The van der Waals surface area contributed by atoms with E-state index in [4.69, 9.17) is 9.47 Å². The first kappa shape index (κ1) is 9.74. The van der Waals surface area contributed by atoms with Crippen molar-refractivity contribution in [3.05, 3.63) is 10.2 Å². The minimum Gasteiger partial charge on any atom is -0.479 e. The molecule has 14 heavy (non-hydrogen) atoms. The molecule has 0 spiro atoms. The molecule has 7 nitrogen and oxygen atoms in total. The topological polar surface area (TPSA) is 98.8 Å². The summed E-state index contributed by atoms with van der Waals surface area (Å²) in [6.07, 6.45) is 0.442. The minimum absolute atomic E-state index is 0.120. The number of nitrogens with one attached hydrogen (secondary N) is 1. The summed E-state index contributed by atoms with van der Waals surface area (Å²) in [6, 6.07) is 0. The Kier molecular flexibility index (Phi) is 1.98. The van der Waals surface area contributed by atoms with E-state index in [1.165, 1.54) is 4.13 Å². The highest BCUT2D eigenvalue weighted by atomic mass is 32.3. The van der Waals surface area contributed by atoms with Crippen molar-refractivity contribution in [2.45, 2.75) is 6.42 Å². The second-order valence-corrected chi connectivity index (χ2v) is 6.14. The molecule has 9 heteroatoms. The molecule has 0 aliphatic carbocycles. The number of hydrogen-bond donors (Lipinski definition) is 1. The van der Waals surface area contributed by atoms with Gasteiger partial charge in [-0.3, -0.25) is 0 Å². The van der Waals surface area contributed by atoms with Crippen LogP contribution in [0.2, 0.25) is 0 Å². The Morgan fingerprint density at radius 3 is 1.79 bits per heavy atom. The third kappa shape index (κ3) is 1.37. The summed E-state index contributed by atoms with van der Waals surface area (Å²) in [5.74, 6) is 0. The van der Waals surface area contributed by atoms with Gasteiger partial charge in [0.1, 0.15) is 0 Å². The SMILES string of the molecule is O=S1(=O)NS(=O)(=O)C2=C1OCCCO2. The van der Waals surface area contributed by atoms with E-state index in [1.54, 1.807) is 0 Å². The predicted octanol–water partition coefficient (Wildman–Crippen LogP) is -1.19. The Hall–Kier alpha value is -0.800. The molecule has 0 atom stereocenters. The standard InChI is InChI=1S/C5H7NO6S2/c7-13(8)4-5(14(9,10)6-13)12-3-1-2-11-4/h6H,1-3H2. The van der Waals surface area contributed by atoms with Crippen LogP contribution in [0, 0.1) is 0 Å². The van der Waals surface area contributed by atoms with Crippen LogP contribution in [0.3, 0.4) is 0 Å². The van der Waals surface area contributed by atoms with Crippen molar-refractivity contribution >= 4 is 20.0 Å². The van der Waals surface area contributed by atoms with Crippen LogP contribution in [0.25, 0.3) is 0 Å². The number of rotatable bonds is 0. The van der Waals surface area contributed by atoms with Crippen LogP contribution in [0.4, 0.5) is 0 Å². The Morgan fingerprint density at radius 1 is 0.929 bits per heavy atom. The van der Waals surface area contributed by atoms with Gasteiger partial charge in [-0.05, 0) is 0 Å². The Balaban J connectivity index is 2.62. The lowest BCUT2D eigenvalue weighted by molar-refractivity contribution is 0.218. The van der Waals surface area contributed by atoms with E-state index in [1.807, 2.05) is 0 Å². The molecule has 2 aliphatic rings. The maximum absolute atomic E-state index is 11.2. The molecule has 0 aromatic rings. The van der Waals surface area contributed by atoms with Gasteiger partial charge in [-0.2, -0.15) is 0 Å². The molecule has 0 fully saturated rings. The molecule has 0 saturated heterocycles. The van der Waals surface area contributed by atoms with Crippen LogP contribution in [-0.4, -0.2) is 30.0 Å². The summed E-state index contributed by atoms with van der Waals surface area (Å²) in [7, 11) is -8.17. The third-order valence-electron chi connectivity index (χ3n) is 1.63. The van der Waals surface area contributed by atoms with Crippen LogP contribution in [0.1, 0.15) is 6.42 Å². The van der Waals surface area contributed by atoms with Crippen molar-refractivity contribution in [2.75, 3.05) is 13.2 Å². The van der Waals surface area contributed by atoms with Gasteiger partial charge in [-0.1, -0.05) is 4.13 Å². The second kappa shape index (κ2) is 2.84. The highest BCUT2D eigenvalue weighted by Gasteiger charge is 2.45. The summed E-state index contributed by atoms with van der Waals surface area (Å²) >= 11 is 0. The third-order valence-corrected chi connectivity index (χ3v) is 5.10. The zero-order valence-electron chi connectivity index (χ0n) is 6.89. The molecule has 0 radical (unpaired) electrons. The van der Waals surface area contributed by atoms with Crippen molar-refractivity contribution < 1.29 is 26.3 Å². The van der Waals surface area contributed by atoms with Crippen LogP contribution < -0.4 is 4.13 Å². The lowest BCUT2D eigenvalue weighted by atomic mass is 10.5. The van der Waals surface area contributed by atoms with Crippen molar-refractivity contribution in [3.63, 3.8) is 0 Å². The van der Waals surface area contributed by atoms with Crippen LogP contribution >= 0.6 is 0 Å². The van der Waals surface area contributed by atoms with Gasteiger partial charge in [0.15, 0.2) is 0 Å². The van der Waals surface area contributed by atoms with E-state index in [9.17, 15) is 16.8 Å². The van der Waals surface area contributed by atoms with E-state index >= 15 is 0 Å². The zero-order chi connectivity index (χ0) is 10.4. The fraction of sp³-hybridized carbons (Fsp3) is 0.600. The largest absolute Gasteiger partial charge is 0.479 e. The van der Waals surface area contributed by atoms with Crippen LogP contribution in [0.5, 0.6) is 0 Å². The normalized spacial score (nSPS) is 28.6. The summed E-state index contributed by atoms with van der Waals surface area (Å²) in [4.78, 5) is 0. The van der Waals surface area contributed by atoms with E-state index in [0.717, 1.165) is 0 Å². The first-order chi connectivity index (χ1) is 6.43. The first-order valence-electron chi connectivity index (χ1n) is 3.72. The predicted molar refractivity (Wildman–Crippen MR) is 44.5 cm³/mol. The first-order valence-corrected chi connectivity index (χ1v) is 6.69. The number of sulfonamides is 2. The van der Waals surface area contributed by atoms with Gasteiger partial charge in [0, 0.05) is 6.42 Å². The second-order valence-electron chi connectivity index (χ2n) is 2.72. The van der Waals surface area contributed by atoms with E-state index in [0.29, 0.717) is 6.42 Å². The van der Waals surface area contributed by atoms with Gasteiger partial charge in [-0.15, -0.1) is 0 Å². The van der Waals surface area contributed by atoms with Crippen molar-refractivity contribution in [2.24, 2.45) is 0 Å². The van der Waals surface area contributed by atoms with E-state index in [-0.39, 0.29) is 13.2 Å². The molecule has 2 heterocycles. The molecular formula is C5H7NO6S2. The quantitative estimate of drug-likeness (QED) is 0.572. The molecule has 80 valence electrons. The lowest BCUT2D eigenvalue weighted by Crippen LogP contribution is -2.25. The lowest BCUT2D eigenvalue weighted by Gasteiger charge is -2.01. The molecule has 0 aromatic carbocycles. The Bertz CT molecular complexity index is 442. The summed E-state index contributed by atoms with van der Waals surface area (Å²) in [6.45, 7) is 0.241. The fourth-order valence-electron chi connectivity index (χ4n) is 1.10. The van der Waals surface area contributed by atoms with Crippen LogP contribution in [0.15, 0.2) is 10.2 Å². The molecule has 1 N–H and O–H groups in total. The average molecular weight is 241 g/mol. The summed E-state index contributed by atoms with van der Waals surface area (Å²) < 4.78 is 55.9. The van der Waals surface area contributed by atoms with E-state index < -0.39 is 30.2 Å². The van der Waals surface area contributed by atoms with Crippen molar-refractivity contribution in [1.82, 2.24) is 4.13 Å². The van der Waals surface area contributed by atoms with Crippen LogP contribution in [-0.2, 0) is 29.5 Å². The molecule has 2 aliphatic heterocycles. The van der Waals surface area contributed by atoms with Gasteiger partial charge >= 0.3 is 0 Å². The van der Waals surface area contributed by atoms with E-state index in [2.05, 4.69) is 0 Å². The molecule has 2 rings (SSSR count). The minimum atomic E-state index is -4.08. The smallest absolute Gasteiger partial charge is 0.291 e. The maximum atomic E-state index is 11.2.